The van der Waals surface area contributed by atoms with Crippen LogP contribution < -0.4 is 4.74 Å². The van der Waals surface area contributed by atoms with Gasteiger partial charge in [0.05, 0.1) is 23.8 Å². The summed E-state index contributed by atoms with van der Waals surface area (Å²) in [4.78, 5) is 2.11. The van der Waals surface area contributed by atoms with Crippen LogP contribution in [0.5, 0.6) is 5.75 Å². The molecule has 2 aromatic rings. The summed E-state index contributed by atoms with van der Waals surface area (Å²) in [6.45, 7) is 1.97. The predicted molar refractivity (Wildman–Crippen MR) is 97.4 cm³/mol. The van der Waals surface area contributed by atoms with Crippen molar-refractivity contribution < 1.29 is 19.0 Å². The second-order valence-corrected chi connectivity index (χ2v) is 7.32. The molecule has 0 amide bonds. The van der Waals surface area contributed by atoms with Crippen molar-refractivity contribution in [2.45, 2.75) is 18.2 Å². The van der Waals surface area contributed by atoms with Crippen LogP contribution in [0, 0.1) is 5.82 Å². The zero-order valence-corrected chi connectivity index (χ0v) is 15.4. The number of nitrogens with zero attached hydrogens (tertiary/aromatic N) is 1. The van der Waals surface area contributed by atoms with Gasteiger partial charge in [-0.2, -0.15) is 0 Å². The first-order chi connectivity index (χ1) is 12.5. The highest BCUT2D eigenvalue weighted by Gasteiger charge is 2.37. The Morgan fingerprint density at radius 3 is 2.77 bits per heavy atom. The maximum Gasteiger partial charge on any atom is 0.142 e. The fourth-order valence-electron chi connectivity index (χ4n) is 3.58. The molecule has 4 nitrogen and oxygen atoms in total. The maximum absolute atomic E-state index is 13.9. The monoisotopic (exact) mass is 397 g/mol. The molecule has 0 spiro atoms. The number of para-hydroxylation sites is 1. The molecule has 4 rings (SSSR count). The molecule has 2 aliphatic heterocycles. The largest absolute Gasteiger partial charge is 0.491 e. The Hall–Kier alpha value is -1.37. The first-order valence-electron chi connectivity index (χ1n) is 8.44. The number of rotatable bonds is 2. The topological polar surface area (TPSA) is 41.9 Å². The zero-order valence-electron chi connectivity index (χ0n) is 13.9. The molecule has 2 aliphatic rings. The lowest BCUT2D eigenvalue weighted by molar-refractivity contribution is -0.0810. The number of halogens is 3. The normalized spacial score (nSPS) is 26.2. The van der Waals surface area contributed by atoms with E-state index in [9.17, 15) is 9.50 Å². The average Bonchev–Trinajstić information content (AvgIpc) is 2.65. The lowest BCUT2D eigenvalue weighted by Crippen LogP contribution is -2.51. The third-order valence-corrected chi connectivity index (χ3v) is 5.58. The van der Waals surface area contributed by atoms with Crippen molar-refractivity contribution in [1.82, 2.24) is 4.90 Å². The van der Waals surface area contributed by atoms with Gasteiger partial charge in [0.15, 0.2) is 0 Å². The van der Waals surface area contributed by atoms with Crippen LogP contribution >= 0.6 is 23.2 Å². The summed E-state index contributed by atoms with van der Waals surface area (Å²) in [6, 6.07) is 10.0. The summed E-state index contributed by atoms with van der Waals surface area (Å²) >= 11 is 12.0. The minimum atomic E-state index is -0.656. The SMILES string of the molecule is O[C@H]1c2ccccc2OCC1N1CCOC(c2cc(F)c(Cl)cc2Cl)C1. The van der Waals surface area contributed by atoms with E-state index in [2.05, 4.69) is 4.90 Å². The molecule has 1 saturated heterocycles. The van der Waals surface area contributed by atoms with E-state index in [0.29, 0.717) is 42.6 Å². The third-order valence-electron chi connectivity index (χ3n) is 4.97. The van der Waals surface area contributed by atoms with Gasteiger partial charge >= 0.3 is 0 Å². The molecule has 2 unspecified atom stereocenters. The van der Waals surface area contributed by atoms with Crippen molar-refractivity contribution in [2.75, 3.05) is 26.3 Å². The first kappa shape index (κ1) is 18.0. The summed E-state index contributed by atoms with van der Waals surface area (Å²) in [6.07, 6.45) is -1.05. The highest BCUT2D eigenvalue weighted by atomic mass is 35.5. The Labute approximate surface area is 161 Å². The quantitative estimate of drug-likeness (QED) is 0.777. The van der Waals surface area contributed by atoms with Gasteiger partial charge in [0.2, 0.25) is 0 Å². The molecule has 138 valence electrons. The van der Waals surface area contributed by atoms with E-state index in [-0.39, 0.29) is 11.1 Å². The number of benzene rings is 2. The van der Waals surface area contributed by atoms with E-state index in [1.807, 2.05) is 24.3 Å². The van der Waals surface area contributed by atoms with Crippen LogP contribution in [-0.2, 0) is 4.74 Å². The molecule has 1 fully saturated rings. The fraction of sp³-hybridized carbons (Fsp3) is 0.368. The summed E-state index contributed by atoms with van der Waals surface area (Å²) in [5.74, 6) is 0.186. The summed E-state index contributed by atoms with van der Waals surface area (Å²) in [7, 11) is 0. The molecule has 3 atom stereocenters. The highest BCUT2D eigenvalue weighted by Crippen LogP contribution is 2.37. The van der Waals surface area contributed by atoms with Crippen LogP contribution in [0.25, 0.3) is 0 Å². The third kappa shape index (κ3) is 3.30. The van der Waals surface area contributed by atoms with E-state index >= 15 is 0 Å². The smallest absolute Gasteiger partial charge is 0.142 e. The minimum absolute atomic E-state index is 0.0147. The van der Waals surface area contributed by atoms with Gasteiger partial charge in [-0.25, -0.2) is 4.39 Å². The minimum Gasteiger partial charge on any atom is -0.491 e. The second-order valence-electron chi connectivity index (χ2n) is 6.50. The summed E-state index contributed by atoms with van der Waals surface area (Å²) in [5, 5.41) is 11.2. The van der Waals surface area contributed by atoms with E-state index in [0.717, 1.165) is 5.56 Å². The Kier molecular flexibility index (Phi) is 5.08. The number of aliphatic hydroxyl groups excluding tert-OH is 1. The number of hydrogen-bond acceptors (Lipinski definition) is 4. The lowest BCUT2D eigenvalue weighted by atomic mass is 9.96. The molecular formula is C19H18Cl2FNO3. The fourth-order valence-corrected chi connectivity index (χ4v) is 4.08. The van der Waals surface area contributed by atoms with E-state index in [4.69, 9.17) is 32.7 Å². The van der Waals surface area contributed by atoms with Crippen LogP contribution in [0.2, 0.25) is 10.0 Å². The number of morpholine rings is 1. The molecule has 1 N–H and O–H groups in total. The second kappa shape index (κ2) is 7.33. The zero-order chi connectivity index (χ0) is 18.3. The maximum atomic E-state index is 13.9. The molecule has 0 saturated carbocycles. The van der Waals surface area contributed by atoms with Gasteiger partial charge in [-0.3, -0.25) is 4.90 Å². The van der Waals surface area contributed by atoms with Crippen molar-refractivity contribution in [2.24, 2.45) is 0 Å². The molecule has 0 bridgehead atoms. The number of fused-ring (bicyclic) bond motifs is 1. The Bertz CT molecular complexity index is 819. The van der Waals surface area contributed by atoms with Gasteiger partial charge < -0.3 is 14.6 Å². The van der Waals surface area contributed by atoms with Crippen LogP contribution in [-0.4, -0.2) is 42.4 Å². The Morgan fingerprint density at radius 1 is 1.12 bits per heavy atom. The number of ether oxygens (including phenoxy) is 2. The number of aliphatic hydroxyl groups is 1. The van der Waals surface area contributed by atoms with Crippen LogP contribution in [0.3, 0.4) is 0 Å². The van der Waals surface area contributed by atoms with Gasteiger partial charge in [0.1, 0.15) is 24.3 Å². The predicted octanol–water partition coefficient (Wildman–Crippen LogP) is 4.00. The van der Waals surface area contributed by atoms with Gasteiger partial charge in [-0.1, -0.05) is 41.4 Å². The van der Waals surface area contributed by atoms with Crippen LogP contribution in [0.1, 0.15) is 23.3 Å². The molecule has 0 aromatic heterocycles. The van der Waals surface area contributed by atoms with E-state index in [1.165, 1.54) is 12.1 Å². The lowest BCUT2D eigenvalue weighted by Gasteiger charge is -2.42. The Morgan fingerprint density at radius 2 is 1.92 bits per heavy atom. The van der Waals surface area contributed by atoms with E-state index in [1.54, 1.807) is 0 Å². The number of hydrogen-bond donors (Lipinski definition) is 1. The highest BCUT2D eigenvalue weighted by molar-refractivity contribution is 6.35. The first-order valence-corrected chi connectivity index (χ1v) is 9.20. The summed E-state index contributed by atoms with van der Waals surface area (Å²) < 4.78 is 25.5. The molecule has 2 aromatic carbocycles. The van der Waals surface area contributed by atoms with Crippen LogP contribution in [0.4, 0.5) is 4.39 Å². The van der Waals surface area contributed by atoms with Gasteiger partial charge in [0, 0.05) is 29.2 Å². The van der Waals surface area contributed by atoms with Crippen molar-refractivity contribution in [1.29, 1.82) is 0 Å². The Balaban J connectivity index is 1.55. The van der Waals surface area contributed by atoms with Gasteiger partial charge in [0.25, 0.3) is 0 Å². The van der Waals surface area contributed by atoms with Gasteiger partial charge in [-0.05, 0) is 18.2 Å². The molecule has 0 aliphatic carbocycles. The molecule has 7 heteroatoms. The van der Waals surface area contributed by atoms with Crippen molar-refractivity contribution >= 4 is 23.2 Å². The average molecular weight is 398 g/mol. The molecule has 26 heavy (non-hydrogen) atoms. The molecule has 0 radical (unpaired) electrons. The van der Waals surface area contributed by atoms with Crippen molar-refractivity contribution in [3.05, 3.63) is 63.4 Å². The standard InChI is InChI=1S/C19H18Cl2FNO3/c20-13-8-14(21)15(22)7-12(13)18-9-23(5-6-25-18)16-10-26-17-4-2-1-3-11(17)19(16)24/h1-4,7-8,16,18-19,24H,5-6,9-10H2/t16?,18?,19-/m0/s1. The summed E-state index contributed by atoms with van der Waals surface area (Å²) in [5.41, 5.74) is 1.34. The molecular weight excluding hydrogens is 380 g/mol. The van der Waals surface area contributed by atoms with Gasteiger partial charge in [-0.15, -0.1) is 0 Å². The van der Waals surface area contributed by atoms with E-state index < -0.39 is 18.0 Å². The van der Waals surface area contributed by atoms with Crippen molar-refractivity contribution in [3.63, 3.8) is 0 Å². The van der Waals surface area contributed by atoms with Crippen molar-refractivity contribution in [3.8, 4) is 5.75 Å². The van der Waals surface area contributed by atoms with Crippen LogP contribution in [0.15, 0.2) is 36.4 Å². The molecule has 2 heterocycles.